The smallest absolute Gasteiger partial charge is 0.326 e. The number of imide groups is 1. The number of nitrogens with one attached hydrogen (secondary N) is 1. The molecule has 3 amide bonds. The topological polar surface area (TPSA) is 102 Å². The third-order valence-electron chi connectivity index (χ3n) is 4.93. The zero-order valence-electron chi connectivity index (χ0n) is 16.3. The van der Waals surface area contributed by atoms with E-state index in [9.17, 15) is 19.2 Å². The number of nitrogens with zero attached hydrogens (tertiary/aromatic N) is 1. The van der Waals surface area contributed by atoms with Crippen molar-refractivity contribution in [1.29, 1.82) is 0 Å². The fraction of sp³-hybridized carbons (Fsp3) is 0.429. The first-order chi connectivity index (χ1) is 14.0. The molecule has 2 unspecified atom stereocenters. The zero-order valence-corrected chi connectivity index (χ0v) is 16.3. The number of fused-ring (bicyclic) bond motifs is 1. The van der Waals surface area contributed by atoms with Crippen LogP contribution in [-0.2, 0) is 23.9 Å². The van der Waals surface area contributed by atoms with Crippen molar-refractivity contribution in [3.63, 3.8) is 0 Å². The highest BCUT2D eigenvalue weighted by atomic mass is 16.5. The van der Waals surface area contributed by atoms with Crippen LogP contribution in [0.25, 0.3) is 0 Å². The van der Waals surface area contributed by atoms with Crippen LogP contribution in [0.2, 0.25) is 0 Å². The molecule has 0 spiro atoms. The Bertz CT molecular complexity index is 808. The van der Waals surface area contributed by atoms with Gasteiger partial charge in [-0.15, -0.1) is 0 Å². The first-order valence-corrected chi connectivity index (χ1v) is 9.57. The molecule has 29 heavy (non-hydrogen) atoms. The zero-order chi connectivity index (χ0) is 20.8. The van der Waals surface area contributed by atoms with Crippen LogP contribution >= 0.6 is 0 Å². The molecule has 2 atom stereocenters. The van der Waals surface area contributed by atoms with Gasteiger partial charge in [0.1, 0.15) is 18.9 Å². The molecule has 1 aliphatic heterocycles. The van der Waals surface area contributed by atoms with Crippen LogP contribution in [0, 0.1) is 18.8 Å². The van der Waals surface area contributed by atoms with Gasteiger partial charge in [-0.2, -0.15) is 0 Å². The molecule has 1 aromatic rings. The van der Waals surface area contributed by atoms with Crippen LogP contribution in [0.5, 0.6) is 5.75 Å². The number of ether oxygens (including phenoxy) is 2. The second kappa shape index (κ2) is 9.36. The van der Waals surface area contributed by atoms with Crippen molar-refractivity contribution in [2.24, 2.45) is 11.8 Å². The Labute approximate surface area is 168 Å². The molecule has 0 aromatic heterocycles. The second-order valence-corrected chi connectivity index (χ2v) is 7.09. The lowest BCUT2D eigenvalue weighted by Crippen LogP contribution is -2.38. The highest BCUT2D eigenvalue weighted by Crippen LogP contribution is 2.34. The Morgan fingerprint density at radius 2 is 1.83 bits per heavy atom. The summed E-state index contributed by atoms with van der Waals surface area (Å²) in [7, 11) is 0. The van der Waals surface area contributed by atoms with Crippen LogP contribution in [0.1, 0.15) is 18.4 Å². The van der Waals surface area contributed by atoms with E-state index < -0.39 is 36.9 Å². The van der Waals surface area contributed by atoms with E-state index in [1.54, 1.807) is 0 Å². The number of carbonyl (C=O) groups is 4. The molecule has 0 radical (unpaired) electrons. The molecule has 1 heterocycles. The lowest BCUT2D eigenvalue weighted by Gasteiger charge is -2.14. The van der Waals surface area contributed by atoms with Gasteiger partial charge in [0, 0.05) is 0 Å². The molecule has 1 aromatic carbocycles. The van der Waals surface area contributed by atoms with Gasteiger partial charge in [-0.05, 0) is 37.5 Å². The molecule has 2 aliphatic rings. The van der Waals surface area contributed by atoms with Gasteiger partial charge in [-0.25, -0.2) is 0 Å². The number of aryl methyl sites for hydroxylation is 1. The lowest BCUT2D eigenvalue weighted by molar-refractivity contribution is -0.154. The highest BCUT2D eigenvalue weighted by Gasteiger charge is 2.47. The monoisotopic (exact) mass is 400 g/mol. The van der Waals surface area contributed by atoms with Gasteiger partial charge in [0.15, 0.2) is 6.61 Å². The summed E-state index contributed by atoms with van der Waals surface area (Å²) >= 11 is 0. The van der Waals surface area contributed by atoms with Gasteiger partial charge in [0.25, 0.3) is 5.91 Å². The van der Waals surface area contributed by atoms with Gasteiger partial charge in [0.2, 0.25) is 11.8 Å². The fourth-order valence-corrected chi connectivity index (χ4v) is 3.46. The molecule has 0 saturated carbocycles. The van der Waals surface area contributed by atoms with E-state index in [0.717, 1.165) is 10.5 Å². The molecular formula is C21H24N2O6. The molecular weight excluding hydrogens is 376 g/mol. The lowest BCUT2D eigenvalue weighted by atomic mass is 9.85. The number of carbonyl (C=O) groups excluding carboxylic acids is 4. The number of hydrogen-bond donors (Lipinski definition) is 1. The summed E-state index contributed by atoms with van der Waals surface area (Å²) in [6.07, 6.45) is 4.77. The van der Waals surface area contributed by atoms with Crippen LogP contribution in [-0.4, -0.2) is 54.9 Å². The van der Waals surface area contributed by atoms with E-state index in [1.807, 2.05) is 43.3 Å². The maximum absolute atomic E-state index is 12.3. The van der Waals surface area contributed by atoms with Crippen LogP contribution in [0.3, 0.4) is 0 Å². The third-order valence-corrected chi connectivity index (χ3v) is 4.93. The average Bonchev–Trinajstić information content (AvgIpc) is 2.95. The normalized spacial score (nSPS) is 20.4. The molecule has 1 fully saturated rings. The number of benzene rings is 1. The van der Waals surface area contributed by atoms with Crippen molar-refractivity contribution in [2.75, 3.05) is 26.3 Å². The number of hydrogen-bond acceptors (Lipinski definition) is 6. The summed E-state index contributed by atoms with van der Waals surface area (Å²) in [5.74, 6) is -2.04. The maximum atomic E-state index is 12.3. The minimum atomic E-state index is -0.788. The molecule has 1 aliphatic carbocycles. The van der Waals surface area contributed by atoms with Gasteiger partial charge in [-0.1, -0.05) is 24.3 Å². The van der Waals surface area contributed by atoms with Gasteiger partial charge >= 0.3 is 5.97 Å². The summed E-state index contributed by atoms with van der Waals surface area (Å²) in [4.78, 5) is 49.3. The second-order valence-electron chi connectivity index (χ2n) is 7.09. The largest absolute Gasteiger partial charge is 0.492 e. The first-order valence-electron chi connectivity index (χ1n) is 9.57. The molecule has 3 rings (SSSR count). The Balaban J connectivity index is 1.34. The van der Waals surface area contributed by atoms with Crippen molar-refractivity contribution in [1.82, 2.24) is 10.2 Å². The molecule has 8 heteroatoms. The number of rotatable bonds is 8. The summed E-state index contributed by atoms with van der Waals surface area (Å²) in [6.45, 7) is 1.54. The minimum absolute atomic E-state index is 0.254. The van der Waals surface area contributed by atoms with Gasteiger partial charge < -0.3 is 14.8 Å². The van der Waals surface area contributed by atoms with Crippen molar-refractivity contribution < 1.29 is 28.7 Å². The summed E-state index contributed by atoms with van der Waals surface area (Å²) in [6, 6.07) is 7.54. The fourth-order valence-electron chi connectivity index (χ4n) is 3.46. The van der Waals surface area contributed by atoms with Crippen molar-refractivity contribution in [3.8, 4) is 5.75 Å². The van der Waals surface area contributed by atoms with E-state index in [2.05, 4.69) is 5.32 Å². The Kier molecular flexibility index (Phi) is 6.64. The summed E-state index contributed by atoms with van der Waals surface area (Å²) in [5.41, 5.74) is 1.07. The van der Waals surface area contributed by atoms with Crippen LogP contribution < -0.4 is 10.1 Å². The third kappa shape index (κ3) is 5.22. The Morgan fingerprint density at radius 3 is 2.48 bits per heavy atom. The standard InChI is InChI=1S/C21H24N2O6/c1-14-5-4-6-15(11-14)28-10-9-22-18(24)13-29-19(25)12-23-20(26)16-7-2-3-8-17(16)21(23)27/h2-6,11,16-17H,7-10,12-13H2,1H3,(H,22,24). The van der Waals surface area contributed by atoms with Gasteiger partial charge in [0.05, 0.1) is 18.4 Å². The van der Waals surface area contributed by atoms with Crippen molar-refractivity contribution >= 4 is 23.7 Å². The first kappa shape index (κ1) is 20.6. The van der Waals surface area contributed by atoms with Crippen LogP contribution in [0.4, 0.5) is 0 Å². The predicted octanol–water partition coefficient (Wildman–Crippen LogP) is 0.984. The number of allylic oxidation sites excluding steroid dienone is 2. The Morgan fingerprint density at radius 1 is 1.14 bits per heavy atom. The van der Waals surface area contributed by atoms with E-state index in [0.29, 0.717) is 18.6 Å². The van der Waals surface area contributed by atoms with E-state index in [1.165, 1.54) is 0 Å². The van der Waals surface area contributed by atoms with Crippen molar-refractivity contribution in [3.05, 3.63) is 42.0 Å². The number of likely N-dealkylation sites (tertiary alicyclic amines) is 1. The van der Waals surface area contributed by atoms with E-state index >= 15 is 0 Å². The summed E-state index contributed by atoms with van der Waals surface area (Å²) in [5, 5.41) is 2.58. The van der Waals surface area contributed by atoms with Crippen molar-refractivity contribution in [2.45, 2.75) is 19.8 Å². The number of esters is 1. The molecule has 1 saturated heterocycles. The van der Waals surface area contributed by atoms with Gasteiger partial charge in [-0.3, -0.25) is 24.1 Å². The molecule has 0 bridgehead atoms. The molecule has 8 nitrogen and oxygen atoms in total. The number of amides is 3. The quantitative estimate of drug-likeness (QED) is 0.302. The van der Waals surface area contributed by atoms with Crippen LogP contribution in [0.15, 0.2) is 36.4 Å². The SMILES string of the molecule is Cc1cccc(OCCNC(=O)COC(=O)CN2C(=O)C3CC=CCC3C2=O)c1. The maximum Gasteiger partial charge on any atom is 0.326 e. The van der Waals surface area contributed by atoms with E-state index in [-0.39, 0.29) is 25.0 Å². The highest BCUT2D eigenvalue weighted by molar-refractivity contribution is 6.07. The minimum Gasteiger partial charge on any atom is -0.492 e. The molecule has 1 N–H and O–H groups in total. The average molecular weight is 400 g/mol. The molecule has 154 valence electrons. The predicted molar refractivity (Wildman–Crippen MR) is 103 cm³/mol. The van der Waals surface area contributed by atoms with E-state index in [4.69, 9.17) is 9.47 Å². The Hall–Kier alpha value is -3.16. The summed E-state index contributed by atoms with van der Waals surface area (Å²) < 4.78 is 10.4.